The van der Waals surface area contributed by atoms with Crippen molar-refractivity contribution >= 4 is 48.9 Å². The van der Waals surface area contributed by atoms with Gasteiger partial charge in [0.25, 0.3) is 10.0 Å². The number of rotatable bonds is 5. The zero-order valence-electron chi connectivity index (χ0n) is 17.4. The fourth-order valence-corrected chi connectivity index (χ4v) is 7.86. The number of carbonyl (C=O) groups is 1. The molecule has 1 aromatic carbocycles. The number of ether oxygens (including phenoxy) is 1. The molecule has 0 aliphatic carbocycles. The molecule has 1 amide bonds. The summed E-state index contributed by atoms with van der Waals surface area (Å²) in [6, 6.07) is 11.3. The lowest BCUT2D eigenvalue weighted by molar-refractivity contribution is -0.137. The Balaban J connectivity index is 1.37. The number of benzene rings is 1. The summed E-state index contributed by atoms with van der Waals surface area (Å²) in [5, 5.41) is 0. The molecule has 7 nitrogen and oxygen atoms in total. The van der Waals surface area contributed by atoms with Crippen LogP contribution >= 0.6 is 27.3 Å². The summed E-state index contributed by atoms with van der Waals surface area (Å²) >= 11 is 4.53. The topological polar surface area (TPSA) is 70.2 Å². The van der Waals surface area contributed by atoms with Gasteiger partial charge in [0.2, 0.25) is 5.91 Å². The van der Waals surface area contributed by atoms with Crippen LogP contribution in [-0.2, 0) is 14.8 Å². The lowest BCUT2D eigenvalue weighted by Gasteiger charge is -2.39. The van der Waals surface area contributed by atoms with E-state index in [0.29, 0.717) is 30.3 Å². The van der Waals surface area contributed by atoms with Gasteiger partial charge in [-0.25, -0.2) is 8.42 Å². The first-order chi connectivity index (χ1) is 14.9. The van der Waals surface area contributed by atoms with Crippen molar-refractivity contribution in [2.45, 2.75) is 17.1 Å². The second-order valence-electron chi connectivity index (χ2n) is 7.77. The van der Waals surface area contributed by atoms with Crippen LogP contribution in [0.4, 0.5) is 5.69 Å². The molecular weight excluding hydrogens is 502 g/mol. The molecule has 2 saturated heterocycles. The van der Waals surface area contributed by atoms with Gasteiger partial charge in [0.05, 0.1) is 16.8 Å². The molecule has 0 bridgehead atoms. The fourth-order valence-electron chi connectivity index (χ4n) is 4.18. The van der Waals surface area contributed by atoms with E-state index in [2.05, 4.69) is 20.8 Å². The molecule has 168 valence electrons. The Morgan fingerprint density at radius 3 is 2.58 bits per heavy atom. The van der Waals surface area contributed by atoms with Crippen LogP contribution in [0.1, 0.15) is 12.8 Å². The number of carbonyl (C=O) groups excluding carboxylic acids is 1. The summed E-state index contributed by atoms with van der Waals surface area (Å²) < 4.78 is 33.8. The van der Waals surface area contributed by atoms with Crippen LogP contribution < -0.4 is 9.64 Å². The maximum absolute atomic E-state index is 13.2. The molecule has 2 fully saturated rings. The van der Waals surface area contributed by atoms with E-state index in [1.54, 1.807) is 19.2 Å². The zero-order valence-corrected chi connectivity index (χ0v) is 20.6. The van der Waals surface area contributed by atoms with Crippen LogP contribution in [0.15, 0.2) is 44.4 Å². The molecule has 1 aromatic heterocycles. The average Bonchev–Trinajstić information content (AvgIpc) is 3.26. The van der Waals surface area contributed by atoms with Crippen molar-refractivity contribution in [3.8, 4) is 5.75 Å². The van der Waals surface area contributed by atoms with Crippen LogP contribution in [-0.4, -0.2) is 69.9 Å². The number of piperazine rings is 1. The number of piperidine rings is 1. The van der Waals surface area contributed by atoms with Crippen molar-refractivity contribution in [1.82, 2.24) is 9.21 Å². The third-order valence-electron chi connectivity index (χ3n) is 5.89. The summed E-state index contributed by atoms with van der Waals surface area (Å²) in [5.74, 6) is 0.602. The van der Waals surface area contributed by atoms with Crippen molar-refractivity contribution in [3.63, 3.8) is 0 Å². The van der Waals surface area contributed by atoms with Crippen molar-refractivity contribution in [3.05, 3.63) is 40.2 Å². The Hall–Kier alpha value is -1.62. The van der Waals surface area contributed by atoms with Gasteiger partial charge >= 0.3 is 0 Å². The quantitative estimate of drug-likeness (QED) is 0.596. The van der Waals surface area contributed by atoms with Gasteiger partial charge in [-0.1, -0.05) is 6.07 Å². The number of hydrogen-bond donors (Lipinski definition) is 0. The second-order valence-corrected chi connectivity index (χ2v) is 12.4. The SMILES string of the molecule is COc1cccc(N2CCN(C(=O)[C@@H]3CCCN(S(=O)(=O)c4ccc(Br)s4)C3)CC2)c1. The van der Waals surface area contributed by atoms with Crippen LogP contribution in [0.2, 0.25) is 0 Å². The molecule has 0 N–H and O–H groups in total. The molecule has 0 unspecified atom stereocenters. The third kappa shape index (κ3) is 4.92. The average molecular weight is 528 g/mol. The zero-order chi connectivity index (χ0) is 22.0. The lowest BCUT2D eigenvalue weighted by Crippen LogP contribution is -2.53. The first-order valence-corrected chi connectivity index (χ1v) is 13.4. The summed E-state index contributed by atoms with van der Waals surface area (Å²) in [6.45, 7) is 3.49. The van der Waals surface area contributed by atoms with E-state index in [9.17, 15) is 13.2 Å². The molecule has 4 rings (SSSR count). The predicted molar refractivity (Wildman–Crippen MR) is 125 cm³/mol. The molecule has 2 aliphatic heterocycles. The maximum atomic E-state index is 13.2. The van der Waals surface area contributed by atoms with Gasteiger partial charge in [-0.05, 0) is 53.0 Å². The number of nitrogens with zero attached hydrogens (tertiary/aromatic N) is 3. The highest BCUT2D eigenvalue weighted by molar-refractivity contribution is 9.11. The minimum atomic E-state index is -3.56. The fraction of sp³-hybridized carbons (Fsp3) is 0.476. The normalized spacial score (nSPS) is 20.6. The molecule has 10 heteroatoms. The largest absolute Gasteiger partial charge is 0.497 e. The Bertz CT molecular complexity index is 1030. The number of halogens is 1. The van der Waals surface area contributed by atoms with E-state index in [1.165, 1.54) is 15.6 Å². The highest BCUT2D eigenvalue weighted by Crippen LogP contribution is 2.31. The highest BCUT2D eigenvalue weighted by atomic mass is 79.9. The van der Waals surface area contributed by atoms with E-state index in [4.69, 9.17) is 4.74 Å². The van der Waals surface area contributed by atoms with Gasteiger partial charge in [0.15, 0.2) is 0 Å². The standard InChI is InChI=1S/C21H26BrN3O4S2/c1-29-18-6-2-5-17(14-18)23-10-12-24(13-11-23)21(26)16-4-3-9-25(15-16)31(27,28)20-8-7-19(22)30-20/h2,5-8,14,16H,3-4,9-13,15H2,1H3/t16-/m1/s1. The van der Waals surface area contributed by atoms with Crippen molar-refractivity contribution in [1.29, 1.82) is 0 Å². The van der Waals surface area contributed by atoms with Gasteiger partial charge in [0.1, 0.15) is 9.96 Å². The summed E-state index contributed by atoms with van der Waals surface area (Å²) in [7, 11) is -1.91. The number of methoxy groups -OCH3 is 1. The Kier molecular flexibility index (Phi) is 6.90. The Morgan fingerprint density at radius 1 is 1.13 bits per heavy atom. The van der Waals surface area contributed by atoms with Gasteiger partial charge in [0, 0.05) is 51.0 Å². The van der Waals surface area contributed by atoms with E-state index in [-0.39, 0.29) is 18.4 Å². The van der Waals surface area contributed by atoms with Crippen LogP contribution in [0, 0.1) is 5.92 Å². The van der Waals surface area contributed by atoms with Crippen LogP contribution in [0.5, 0.6) is 5.75 Å². The van der Waals surface area contributed by atoms with Gasteiger partial charge in [-0.2, -0.15) is 4.31 Å². The van der Waals surface area contributed by atoms with E-state index in [0.717, 1.165) is 34.7 Å². The summed E-state index contributed by atoms with van der Waals surface area (Å²) in [5.41, 5.74) is 1.09. The molecule has 2 aromatic rings. The molecule has 1 atom stereocenters. The minimum Gasteiger partial charge on any atom is -0.497 e. The number of sulfonamides is 1. The van der Waals surface area contributed by atoms with Gasteiger partial charge in [-0.15, -0.1) is 11.3 Å². The van der Waals surface area contributed by atoms with Crippen molar-refractivity contribution in [2.24, 2.45) is 5.92 Å². The van der Waals surface area contributed by atoms with Gasteiger partial charge < -0.3 is 14.5 Å². The van der Waals surface area contributed by atoms with Crippen LogP contribution in [0.3, 0.4) is 0 Å². The molecule has 3 heterocycles. The predicted octanol–water partition coefficient (Wildman–Crippen LogP) is 3.27. The molecule has 31 heavy (non-hydrogen) atoms. The van der Waals surface area contributed by atoms with Crippen molar-refractivity contribution in [2.75, 3.05) is 51.3 Å². The molecule has 0 spiro atoms. The second kappa shape index (κ2) is 9.48. The first-order valence-electron chi connectivity index (χ1n) is 10.3. The van der Waals surface area contributed by atoms with Crippen molar-refractivity contribution < 1.29 is 17.9 Å². The van der Waals surface area contributed by atoms with Crippen LogP contribution in [0.25, 0.3) is 0 Å². The molecule has 0 radical (unpaired) electrons. The Labute approximate surface area is 195 Å². The third-order valence-corrected chi connectivity index (χ3v) is 9.84. The summed E-state index contributed by atoms with van der Waals surface area (Å²) in [6.07, 6.45) is 1.43. The number of amides is 1. The lowest BCUT2D eigenvalue weighted by atomic mass is 9.97. The smallest absolute Gasteiger partial charge is 0.252 e. The summed E-state index contributed by atoms with van der Waals surface area (Å²) in [4.78, 5) is 17.3. The Morgan fingerprint density at radius 2 is 1.90 bits per heavy atom. The minimum absolute atomic E-state index is 0.0672. The van der Waals surface area contributed by atoms with E-state index in [1.807, 2.05) is 29.2 Å². The molecule has 0 saturated carbocycles. The number of hydrogen-bond acceptors (Lipinski definition) is 6. The molecule has 2 aliphatic rings. The maximum Gasteiger partial charge on any atom is 0.252 e. The van der Waals surface area contributed by atoms with E-state index < -0.39 is 10.0 Å². The van der Waals surface area contributed by atoms with Gasteiger partial charge in [-0.3, -0.25) is 4.79 Å². The monoisotopic (exact) mass is 527 g/mol. The molecular formula is C21H26BrN3O4S2. The number of anilines is 1. The highest BCUT2D eigenvalue weighted by Gasteiger charge is 2.36. The number of thiophene rings is 1. The first kappa shape index (κ1) is 22.6. The van der Waals surface area contributed by atoms with E-state index >= 15 is 0 Å².